The number of nitrogens with one attached hydrogen (secondary N) is 1. The summed E-state index contributed by atoms with van der Waals surface area (Å²) in [6.07, 6.45) is 1.47. The first-order valence-corrected chi connectivity index (χ1v) is 6.90. The van der Waals surface area contributed by atoms with E-state index in [-0.39, 0.29) is 6.10 Å². The van der Waals surface area contributed by atoms with Crippen LogP contribution in [0.5, 0.6) is 0 Å². The van der Waals surface area contributed by atoms with E-state index >= 15 is 0 Å². The monoisotopic (exact) mass is 289 g/mol. The topological polar surface area (TPSA) is 48.4 Å². The van der Waals surface area contributed by atoms with Crippen LogP contribution in [0, 0.1) is 0 Å². The summed E-state index contributed by atoms with van der Waals surface area (Å²) in [6.45, 7) is 4.16. The second-order valence-corrected chi connectivity index (χ2v) is 5.21. The van der Waals surface area contributed by atoms with Crippen molar-refractivity contribution in [2.24, 2.45) is 0 Å². The van der Waals surface area contributed by atoms with Crippen molar-refractivity contribution in [1.29, 1.82) is 0 Å². The van der Waals surface area contributed by atoms with Gasteiger partial charge in [-0.25, -0.2) is 4.98 Å². The zero-order valence-electron chi connectivity index (χ0n) is 10.3. The Morgan fingerprint density at radius 3 is 2.94 bits per heavy atom. The molecule has 100 valence electrons. The van der Waals surface area contributed by atoms with Gasteiger partial charge in [0.05, 0.1) is 16.1 Å². The highest BCUT2D eigenvalue weighted by molar-refractivity contribution is 6.37. The van der Waals surface area contributed by atoms with Crippen LogP contribution in [0.25, 0.3) is 0 Å². The molecule has 2 heterocycles. The summed E-state index contributed by atoms with van der Waals surface area (Å²) in [6, 6.07) is 1.70. The molecule has 1 atom stereocenters. The average Bonchev–Trinajstić information content (AvgIpc) is 2.33. The van der Waals surface area contributed by atoms with Crippen LogP contribution in [0.1, 0.15) is 19.8 Å². The van der Waals surface area contributed by atoms with Crippen molar-refractivity contribution >= 4 is 34.8 Å². The second-order valence-electron chi connectivity index (χ2n) is 4.40. The molecule has 0 bridgehead atoms. The zero-order valence-corrected chi connectivity index (χ0v) is 11.8. The largest absolute Gasteiger partial charge is 0.391 e. The summed E-state index contributed by atoms with van der Waals surface area (Å²) in [4.78, 5) is 6.47. The van der Waals surface area contributed by atoms with Crippen molar-refractivity contribution in [3.63, 3.8) is 0 Å². The predicted octanol–water partition coefficient (Wildman–Crippen LogP) is 2.78. The quantitative estimate of drug-likeness (QED) is 0.898. The Bertz CT molecular complexity index is 428. The van der Waals surface area contributed by atoms with Gasteiger partial charge in [-0.2, -0.15) is 0 Å². The van der Waals surface area contributed by atoms with Crippen LogP contribution in [0.4, 0.5) is 11.6 Å². The molecule has 0 radical (unpaired) electrons. The number of halogens is 2. The molecule has 0 amide bonds. The van der Waals surface area contributed by atoms with E-state index in [0.717, 1.165) is 25.9 Å². The lowest BCUT2D eigenvalue weighted by Gasteiger charge is -2.31. The molecular weight excluding hydrogens is 273 g/mol. The van der Waals surface area contributed by atoms with E-state index < -0.39 is 0 Å². The summed E-state index contributed by atoms with van der Waals surface area (Å²) >= 11 is 12.3. The smallest absolute Gasteiger partial charge is 0.150 e. The van der Waals surface area contributed by atoms with E-state index in [1.54, 1.807) is 6.07 Å². The number of aliphatic hydroxyl groups is 1. The van der Waals surface area contributed by atoms with E-state index in [9.17, 15) is 5.11 Å². The second kappa shape index (κ2) is 5.95. The first kappa shape index (κ1) is 13.7. The minimum absolute atomic E-state index is 0.310. The molecule has 0 aliphatic carbocycles. The Morgan fingerprint density at radius 1 is 1.50 bits per heavy atom. The first-order chi connectivity index (χ1) is 8.61. The van der Waals surface area contributed by atoms with Crippen molar-refractivity contribution in [3.05, 3.63) is 16.1 Å². The van der Waals surface area contributed by atoms with Gasteiger partial charge in [0, 0.05) is 19.6 Å². The van der Waals surface area contributed by atoms with E-state index in [2.05, 4.69) is 10.3 Å². The fraction of sp³-hybridized carbons (Fsp3) is 0.583. The minimum atomic E-state index is -0.310. The highest BCUT2D eigenvalue weighted by atomic mass is 35.5. The normalized spacial score (nSPS) is 20.0. The molecule has 1 aromatic rings. The fourth-order valence-corrected chi connectivity index (χ4v) is 2.66. The van der Waals surface area contributed by atoms with E-state index in [1.165, 1.54) is 0 Å². The third-order valence-corrected chi connectivity index (χ3v) is 3.52. The third-order valence-electron chi connectivity index (χ3n) is 2.95. The lowest BCUT2D eigenvalue weighted by atomic mass is 10.1. The van der Waals surface area contributed by atoms with Gasteiger partial charge in [-0.15, -0.1) is 0 Å². The molecule has 1 unspecified atom stereocenters. The molecule has 1 fully saturated rings. The van der Waals surface area contributed by atoms with Gasteiger partial charge in [0.1, 0.15) is 11.6 Å². The fourth-order valence-electron chi connectivity index (χ4n) is 2.12. The molecule has 1 aromatic heterocycles. The SMILES string of the molecule is CCNc1nc(N2CCCC(O)C2)c(Cl)cc1Cl. The van der Waals surface area contributed by atoms with Crippen LogP contribution >= 0.6 is 23.2 Å². The van der Waals surface area contributed by atoms with Crippen molar-refractivity contribution in [2.75, 3.05) is 29.9 Å². The molecule has 6 heteroatoms. The highest BCUT2D eigenvalue weighted by Gasteiger charge is 2.22. The Hall–Kier alpha value is -0.710. The van der Waals surface area contributed by atoms with Gasteiger partial charge in [-0.05, 0) is 25.8 Å². The maximum absolute atomic E-state index is 9.70. The number of nitrogens with zero attached hydrogens (tertiary/aromatic N) is 2. The first-order valence-electron chi connectivity index (χ1n) is 6.14. The summed E-state index contributed by atoms with van der Waals surface area (Å²) in [5, 5.41) is 13.8. The molecule has 2 N–H and O–H groups in total. The Kier molecular flexibility index (Phi) is 4.54. The highest BCUT2D eigenvalue weighted by Crippen LogP contribution is 2.32. The number of piperidine rings is 1. The van der Waals surface area contributed by atoms with Crippen LogP contribution in [0.2, 0.25) is 10.0 Å². The molecule has 0 aromatic carbocycles. The lowest BCUT2D eigenvalue weighted by Crippen LogP contribution is -2.39. The van der Waals surface area contributed by atoms with Crippen LogP contribution in [0.15, 0.2) is 6.07 Å². The minimum Gasteiger partial charge on any atom is -0.391 e. The predicted molar refractivity (Wildman–Crippen MR) is 75.9 cm³/mol. The zero-order chi connectivity index (χ0) is 13.1. The Morgan fingerprint density at radius 2 is 2.28 bits per heavy atom. The van der Waals surface area contributed by atoms with Gasteiger partial charge < -0.3 is 15.3 Å². The Balaban J connectivity index is 2.28. The summed E-state index contributed by atoms with van der Waals surface area (Å²) in [5.74, 6) is 1.33. The van der Waals surface area contributed by atoms with Crippen LogP contribution in [-0.4, -0.2) is 35.8 Å². The number of rotatable bonds is 3. The van der Waals surface area contributed by atoms with Gasteiger partial charge in [0.15, 0.2) is 0 Å². The van der Waals surface area contributed by atoms with Crippen molar-refractivity contribution in [1.82, 2.24) is 4.98 Å². The van der Waals surface area contributed by atoms with E-state index in [4.69, 9.17) is 23.2 Å². The molecule has 0 spiro atoms. The summed E-state index contributed by atoms with van der Waals surface area (Å²) in [7, 11) is 0. The molecule has 4 nitrogen and oxygen atoms in total. The van der Waals surface area contributed by atoms with Crippen molar-refractivity contribution in [3.8, 4) is 0 Å². The van der Waals surface area contributed by atoms with Gasteiger partial charge >= 0.3 is 0 Å². The molecule has 2 rings (SSSR count). The molecule has 1 aliphatic heterocycles. The van der Waals surface area contributed by atoms with Gasteiger partial charge in [0.2, 0.25) is 0 Å². The number of β-amino-alcohol motifs (C(OH)–C–C–N with tert-alkyl or cyclic N) is 1. The van der Waals surface area contributed by atoms with E-state index in [1.807, 2.05) is 11.8 Å². The third kappa shape index (κ3) is 2.99. The lowest BCUT2D eigenvalue weighted by molar-refractivity contribution is 0.154. The average molecular weight is 290 g/mol. The van der Waals surface area contributed by atoms with Gasteiger partial charge in [-0.1, -0.05) is 23.2 Å². The number of anilines is 2. The summed E-state index contributed by atoms with van der Waals surface area (Å²) in [5.41, 5.74) is 0. The molecule has 18 heavy (non-hydrogen) atoms. The molecular formula is C12H17Cl2N3O. The van der Waals surface area contributed by atoms with Gasteiger partial charge in [-0.3, -0.25) is 0 Å². The number of pyridine rings is 1. The number of aliphatic hydroxyl groups excluding tert-OH is 1. The maximum Gasteiger partial charge on any atom is 0.150 e. The Labute approximate surface area is 117 Å². The van der Waals surface area contributed by atoms with Crippen LogP contribution in [0.3, 0.4) is 0 Å². The summed E-state index contributed by atoms with van der Waals surface area (Å²) < 4.78 is 0. The molecule has 1 saturated heterocycles. The number of hydrogen-bond acceptors (Lipinski definition) is 4. The van der Waals surface area contributed by atoms with Crippen LogP contribution < -0.4 is 10.2 Å². The van der Waals surface area contributed by atoms with Gasteiger partial charge in [0.25, 0.3) is 0 Å². The number of hydrogen-bond donors (Lipinski definition) is 2. The number of aromatic nitrogens is 1. The van der Waals surface area contributed by atoms with Crippen molar-refractivity contribution < 1.29 is 5.11 Å². The standard InChI is InChI=1S/C12H17Cl2N3O/c1-2-15-11-9(13)6-10(14)12(16-11)17-5-3-4-8(18)7-17/h6,8,18H,2-5,7H2,1H3,(H,15,16). The maximum atomic E-state index is 9.70. The molecule has 0 saturated carbocycles. The van der Waals surface area contributed by atoms with E-state index in [0.29, 0.717) is 28.2 Å². The van der Waals surface area contributed by atoms with Crippen molar-refractivity contribution in [2.45, 2.75) is 25.9 Å². The van der Waals surface area contributed by atoms with Crippen LogP contribution in [-0.2, 0) is 0 Å². The molecule has 1 aliphatic rings.